The molecule has 0 spiro atoms. The maximum Gasteiger partial charge on any atom is 0.248 e. The standard InChI is InChI=1S/C15H9Cl3FNO/c16-10-3-1-9(12(17)7-10)2-6-15(21)20-11-4-5-14(19)13(18)8-11/h1-8H,(H,20,21)/b6-2+. The number of hydrogen-bond donors (Lipinski definition) is 1. The molecule has 0 saturated heterocycles. The molecule has 0 saturated carbocycles. The summed E-state index contributed by atoms with van der Waals surface area (Å²) in [7, 11) is 0. The van der Waals surface area contributed by atoms with E-state index in [-0.39, 0.29) is 10.9 Å². The van der Waals surface area contributed by atoms with Crippen molar-refractivity contribution < 1.29 is 9.18 Å². The van der Waals surface area contributed by atoms with Crippen LogP contribution in [-0.2, 0) is 4.79 Å². The topological polar surface area (TPSA) is 29.1 Å². The molecule has 0 heterocycles. The second-order valence-corrected chi connectivity index (χ2v) is 5.37. The van der Waals surface area contributed by atoms with Gasteiger partial charge in [-0.05, 0) is 42.0 Å². The van der Waals surface area contributed by atoms with Gasteiger partial charge in [-0.1, -0.05) is 40.9 Å². The van der Waals surface area contributed by atoms with E-state index in [9.17, 15) is 9.18 Å². The van der Waals surface area contributed by atoms with Crippen molar-refractivity contribution in [3.63, 3.8) is 0 Å². The quantitative estimate of drug-likeness (QED) is 0.738. The van der Waals surface area contributed by atoms with Crippen LogP contribution < -0.4 is 5.32 Å². The fourth-order valence-corrected chi connectivity index (χ4v) is 2.21. The molecule has 2 nitrogen and oxygen atoms in total. The zero-order valence-corrected chi connectivity index (χ0v) is 12.8. The largest absolute Gasteiger partial charge is 0.322 e. The van der Waals surface area contributed by atoms with Crippen LogP contribution in [0.5, 0.6) is 0 Å². The fourth-order valence-electron chi connectivity index (χ4n) is 1.56. The van der Waals surface area contributed by atoms with Gasteiger partial charge in [0.2, 0.25) is 5.91 Å². The molecular weight excluding hydrogens is 336 g/mol. The van der Waals surface area contributed by atoms with E-state index in [1.165, 1.54) is 24.3 Å². The lowest BCUT2D eigenvalue weighted by atomic mass is 10.2. The first-order chi connectivity index (χ1) is 9.95. The third-order valence-electron chi connectivity index (χ3n) is 2.56. The Kier molecular flexibility index (Phi) is 5.23. The van der Waals surface area contributed by atoms with Crippen molar-refractivity contribution in [1.29, 1.82) is 0 Å². The Morgan fingerprint density at radius 1 is 1.05 bits per heavy atom. The first kappa shape index (κ1) is 15.8. The van der Waals surface area contributed by atoms with Gasteiger partial charge in [0.1, 0.15) is 5.82 Å². The average Bonchev–Trinajstić information content (AvgIpc) is 2.42. The smallest absolute Gasteiger partial charge is 0.248 e. The van der Waals surface area contributed by atoms with Crippen LogP contribution in [0, 0.1) is 5.82 Å². The highest BCUT2D eigenvalue weighted by atomic mass is 35.5. The van der Waals surface area contributed by atoms with Crippen LogP contribution in [0.4, 0.5) is 10.1 Å². The Labute approximate surface area is 136 Å². The molecule has 2 aromatic carbocycles. The molecule has 1 N–H and O–H groups in total. The number of hydrogen-bond acceptors (Lipinski definition) is 1. The van der Waals surface area contributed by atoms with Gasteiger partial charge in [-0.15, -0.1) is 0 Å². The molecule has 1 amide bonds. The predicted octanol–water partition coefficient (Wildman–Crippen LogP) is 5.44. The van der Waals surface area contributed by atoms with Gasteiger partial charge >= 0.3 is 0 Å². The molecule has 6 heteroatoms. The molecule has 0 aromatic heterocycles. The third kappa shape index (κ3) is 4.46. The molecule has 2 rings (SSSR count). The molecule has 0 fully saturated rings. The number of carbonyl (C=O) groups excluding carboxylic acids is 1. The van der Waals surface area contributed by atoms with Gasteiger partial charge in [-0.25, -0.2) is 4.39 Å². The van der Waals surface area contributed by atoms with Crippen molar-refractivity contribution >= 4 is 52.5 Å². The maximum absolute atomic E-state index is 13.0. The minimum Gasteiger partial charge on any atom is -0.322 e. The van der Waals surface area contributed by atoms with E-state index in [0.717, 1.165) is 0 Å². The highest BCUT2D eigenvalue weighted by molar-refractivity contribution is 6.35. The third-order valence-corrected chi connectivity index (χ3v) is 3.42. The number of anilines is 1. The molecule has 0 aliphatic carbocycles. The SMILES string of the molecule is O=C(/C=C/c1ccc(Cl)cc1Cl)Nc1ccc(F)c(Cl)c1. The Bertz CT molecular complexity index is 716. The number of amides is 1. The summed E-state index contributed by atoms with van der Waals surface area (Å²) >= 11 is 17.4. The van der Waals surface area contributed by atoms with Crippen LogP contribution in [0.1, 0.15) is 5.56 Å². The van der Waals surface area contributed by atoms with E-state index in [0.29, 0.717) is 21.3 Å². The molecule has 0 bridgehead atoms. The second-order valence-electron chi connectivity index (χ2n) is 4.12. The second kappa shape index (κ2) is 6.94. The Hall–Kier alpha value is -1.55. The van der Waals surface area contributed by atoms with Gasteiger partial charge in [0, 0.05) is 21.8 Å². The summed E-state index contributed by atoms with van der Waals surface area (Å²) in [5, 5.41) is 3.46. The summed E-state index contributed by atoms with van der Waals surface area (Å²) < 4.78 is 13.0. The summed E-state index contributed by atoms with van der Waals surface area (Å²) in [6, 6.07) is 8.88. The predicted molar refractivity (Wildman–Crippen MR) is 85.5 cm³/mol. The van der Waals surface area contributed by atoms with E-state index in [2.05, 4.69) is 5.32 Å². The normalized spacial score (nSPS) is 10.9. The summed E-state index contributed by atoms with van der Waals surface area (Å²) in [5.74, 6) is -0.929. The van der Waals surface area contributed by atoms with E-state index in [4.69, 9.17) is 34.8 Å². The molecule has 0 aliphatic heterocycles. The van der Waals surface area contributed by atoms with Crippen molar-refractivity contribution in [1.82, 2.24) is 0 Å². The molecule has 0 radical (unpaired) electrons. The van der Waals surface area contributed by atoms with Crippen molar-refractivity contribution in [2.24, 2.45) is 0 Å². The van der Waals surface area contributed by atoms with Crippen molar-refractivity contribution in [2.45, 2.75) is 0 Å². The first-order valence-corrected chi connectivity index (χ1v) is 6.98. The lowest BCUT2D eigenvalue weighted by molar-refractivity contribution is -0.111. The van der Waals surface area contributed by atoms with Crippen LogP contribution in [0.3, 0.4) is 0 Å². The lowest BCUT2D eigenvalue weighted by Gasteiger charge is -2.03. The average molecular weight is 345 g/mol. The van der Waals surface area contributed by atoms with Crippen LogP contribution >= 0.6 is 34.8 Å². The van der Waals surface area contributed by atoms with Gasteiger partial charge in [0.05, 0.1) is 5.02 Å². The number of benzene rings is 2. The summed E-state index contributed by atoms with van der Waals surface area (Å²) in [5.41, 5.74) is 1.06. The molecule has 21 heavy (non-hydrogen) atoms. The summed E-state index contributed by atoms with van der Waals surface area (Å²) in [4.78, 5) is 11.8. The molecule has 108 valence electrons. The number of nitrogens with one attached hydrogen (secondary N) is 1. The summed E-state index contributed by atoms with van der Waals surface area (Å²) in [6.45, 7) is 0. The lowest BCUT2D eigenvalue weighted by Crippen LogP contribution is -2.07. The van der Waals surface area contributed by atoms with Crippen LogP contribution in [-0.4, -0.2) is 5.91 Å². The van der Waals surface area contributed by atoms with Gasteiger partial charge in [-0.3, -0.25) is 4.79 Å². The number of carbonyl (C=O) groups is 1. The number of rotatable bonds is 3. The summed E-state index contributed by atoms with van der Waals surface area (Å²) in [6.07, 6.45) is 2.87. The fraction of sp³-hybridized carbons (Fsp3) is 0. The van der Waals surface area contributed by atoms with Gasteiger partial charge in [0.15, 0.2) is 0 Å². The van der Waals surface area contributed by atoms with Gasteiger partial charge < -0.3 is 5.32 Å². The van der Waals surface area contributed by atoms with E-state index in [1.54, 1.807) is 24.3 Å². The number of halogens is 4. The molecule has 0 unspecified atom stereocenters. The van der Waals surface area contributed by atoms with Crippen LogP contribution in [0.15, 0.2) is 42.5 Å². The van der Waals surface area contributed by atoms with Crippen molar-refractivity contribution in [3.8, 4) is 0 Å². The first-order valence-electron chi connectivity index (χ1n) is 5.85. The minimum absolute atomic E-state index is 0.0578. The minimum atomic E-state index is -0.543. The monoisotopic (exact) mass is 343 g/mol. The Morgan fingerprint density at radius 2 is 1.81 bits per heavy atom. The Morgan fingerprint density at radius 3 is 2.48 bits per heavy atom. The highest BCUT2D eigenvalue weighted by Crippen LogP contribution is 2.22. The maximum atomic E-state index is 13.0. The zero-order valence-electron chi connectivity index (χ0n) is 10.5. The molecular formula is C15H9Cl3FNO. The van der Waals surface area contributed by atoms with Gasteiger partial charge in [-0.2, -0.15) is 0 Å². The van der Waals surface area contributed by atoms with E-state index in [1.807, 2.05) is 0 Å². The van der Waals surface area contributed by atoms with Crippen LogP contribution in [0.2, 0.25) is 15.1 Å². The molecule has 0 aliphatic rings. The van der Waals surface area contributed by atoms with Crippen molar-refractivity contribution in [3.05, 3.63) is 68.9 Å². The zero-order chi connectivity index (χ0) is 15.4. The Balaban J connectivity index is 2.07. The molecule has 0 atom stereocenters. The van der Waals surface area contributed by atoms with Gasteiger partial charge in [0.25, 0.3) is 0 Å². The van der Waals surface area contributed by atoms with Crippen molar-refractivity contribution in [2.75, 3.05) is 5.32 Å². The van der Waals surface area contributed by atoms with E-state index >= 15 is 0 Å². The molecule has 2 aromatic rings. The highest BCUT2D eigenvalue weighted by Gasteiger charge is 2.03. The van der Waals surface area contributed by atoms with Crippen LogP contribution in [0.25, 0.3) is 6.08 Å². The van der Waals surface area contributed by atoms with E-state index < -0.39 is 5.82 Å².